The molecular formula is C17H15Br2N3O3. The Morgan fingerprint density at radius 3 is 2.48 bits per heavy atom. The van der Waals surface area contributed by atoms with Crippen LogP contribution in [-0.4, -0.2) is 48.6 Å². The number of Topliss-reactive ketones (excluding diaryl/α,β-unsaturated/α-hetero) is 1. The van der Waals surface area contributed by atoms with Crippen LogP contribution in [0.4, 0.5) is 0 Å². The third-order valence-electron chi connectivity index (χ3n) is 3.57. The minimum absolute atomic E-state index is 0.0223. The molecule has 6 nitrogen and oxygen atoms in total. The average molecular weight is 469 g/mol. The number of halogens is 2. The standard InChI is InChI=1S/C17H15Br2N3O3/c1-22(2)4-3-20-12-8-13(23)14-16(15(12)24)25-17(21-14)9-5-10(18)7-11(19)6-9/h5-8,20H,3-4H2,1-2H3. The Morgan fingerprint density at radius 1 is 1.16 bits per heavy atom. The highest BCUT2D eigenvalue weighted by Crippen LogP contribution is 2.30. The van der Waals surface area contributed by atoms with Crippen LogP contribution in [0.25, 0.3) is 11.5 Å². The fourth-order valence-corrected chi connectivity index (χ4v) is 3.67. The van der Waals surface area contributed by atoms with Crippen molar-refractivity contribution in [2.24, 2.45) is 0 Å². The van der Waals surface area contributed by atoms with Gasteiger partial charge < -0.3 is 14.6 Å². The van der Waals surface area contributed by atoms with Gasteiger partial charge in [0.05, 0.1) is 5.70 Å². The summed E-state index contributed by atoms with van der Waals surface area (Å²) in [6.07, 6.45) is 1.28. The highest BCUT2D eigenvalue weighted by Gasteiger charge is 2.32. The van der Waals surface area contributed by atoms with Gasteiger partial charge in [0.1, 0.15) is 0 Å². The third-order valence-corrected chi connectivity index (χ3v) is 4.49. The topological polar surface area (TPSA) is 75.4 Å². The zero-order chi connectivity index (χ0) is 18.1. The molecule has 1 aliphatic rings. The van der Waals surface area contributed by atoms with Crippen molar-refractivity contribution in [3.8, 4) is 11.5 Å². The summed E-state index contributed by atoms with van der Waals surface area (Å²) in [6, 6.07) is 5.48. The van der Waals surface area contributed by atoms with E-state index in [4.69, 9.17) is 4.42 Å². The van der Waals surface area contributed by atoms with Crippen LogP contribution in [0.1, 0.15) is 21.0 Å². The fraction of sp³-hybridized carbons (Fsp3) is 0.235. The van der Waals surface area contributed by atoms with Crippen molar-refractivity contribution in [2.75, 3.05) is 27.2 Å². The minimum atomic E-state index is -0.360. The maximum atomic E-state index is 12.6. The van der Waals surface area contributed by atoms with E-state index in [1.807, 2.05) is 25.1 Å². The van der Waals surface area contributed by atoms with Gasteiger partial charge in [0.25, 0.3) is 0 Å². The van der Waals surface area contributed by atoms with E-state index >= 15 is 0 Å². The van der Waals surface area contributed by atoms with Crippen LogP contribution in [0.15, 0.2) is 43.3 Å². The molecular weight excluding hydrogens is 454 g/mol. The summed E-state index contributed by atoms with van der Waals surface area (Å²) in [4.78, 5) is 31.1. The summed E-state index contributed by atoms with van der Waals surface area (Å²) in [5, 5.41) is 2.99. The van der Waals surface area contributed by atoms with Crippen LogP contribution in [0.5, 0.6) is 0 Å². The van der Waals surface area contributed by atoms with Gasteiger partial charge in [-0.3, -0.25) is 9.59 Å². The van der Waals surface area contributed by atoms with Crippen LogP contribution in [-0.2, 0) is 0 Å². The zero-order valence-corrected chi connectivity index (χ0v) is 16.8. The fourth-order valence-electron chi connectivity index (χ4n) is 2.37. The highest BCUT2D eigenvalue weighted by atomic mass is 79.9. The lowest BCUT2D eigenvalue weighted by atomic mass is 10.0. The Bertz CT molecular complexity index is 867. The molecule has 3 rings (SSSR count). The first kappa shape index (κ1) is 18.0. The molecule has 130 valence electrons. The number of nitrogens with one attached hydrogen (secondary N) is 1. The van der Waals surface area contributed by atoms with Gasteiger partial charge in [-0.25, -0.2) is 4.98 Å². The van der Waals surface area contributed by atoms with E-state index < -0.39 is 0 Å². The zero-order valence-electron chi connectivity index (χ0n) is 13.6. The molecule has 1 heterocycles. The molecule has 1 N–H and O–H groups in total. The Hall–Kier alpha value is -1.77. The number of carbonyl (C=O) groups is 2. The van der Waals surface area contributed by atoms with Gasteiger partial charge in [-0.2, -0.15) is 0 Å². The smallest absolute Gasteiger partial charge is 0.246 e. The van der Waals surface area contributed by atoms with E-state index in [1.54, 1.807) is 12.1 Å². The molecule has 8 heteroatoms. The summed E-state index contributed by atoms with van der Waals surface area (Å²) in [7, 11) is 3.86. The van der Waals surface area contributed by atoms with Gasteiger partial charge in [-0.1, -0.05) is 31.9 Å². The number of ketones is 2. The van der Waals surface area contributed by atoms with Gasteiger partial charge in [0, 0.05) is 33.7 Å². The first-order chi connectivity index (χ1) is 11.8. The molecule has 0 unspecified atom stereocenters. The van der Waals surface area contributed by atoms with Crippen molar-refractivity contribution >= 4 is 43.4 Å². The minimum Gasteiger partial charge on any atom is -0.432 e. The predicted octanol–water partition coefficient (Wildman–Crippen LogP) is 3.28. The number of oxazole rings is 1. The SMILES string of the molecule is CN(C)CCNC1=CC(=O)c2nc(-c3cc(Br)cc(Br)c3)oc2C1=O. The number of rotatable bonds is 5. The third kappa shape index (κ3) is 3.91. The van der Waals surface area contributed by atoms with Crippen molar-refractivity contribution in [1.29, 1.82) is 0 Å². The van der Waals surface area contributed by atoms with E-state index in [0.29, 0.717) is 12.1 Å². The lowest BCUT2D eigenvalue weighted by Gasteiger charge is -2.14. The molecule has 0 saturated carbocycles. The summed E-state index contributed by atoms with van der Waals surface area (Å²) in [5.74, 6) is -0.491. The largest absolute Gasteiger partial charge is 0.432 e. The Labute approximate surface area is 161 Å². The number of hydrogen-bond donors (Lipinski definition) is 1. The van der Waals surface area contributed by atoms with Crippen LogP contribution < -0.4 is 5.32 Å². The molecule has 0 radical (unpaired) electrons. The summed E-state index contributed by atoms with van der Waals surface area (Å²) < 4.78 is 7.29. The molecule has 1 aromatic carbocycles. The predicted molar refractivity (Wildman–Crippen MR) is 101 cm³/mol. The first-order valence-corrected chi connectivity index (χ1v) is 9.10. The molecule has 0 bridgehead atoms. The molecule has 0 aliphatic heterocycles. The molecule has 1 aromatic heterocycles. The summed E-state index contributed by atoms with van der Waals surface area (Å²) in [6.45, 7) is 1.28. The second-order valence-electron chi connectivity index (χ2n) is 5.84. The van der Waals surface area contributed by atoms with E-state index in [0.717, 1.165) is 15.5 Å². The molecule has 1 aliphatic carbocycles. The molecule has 0 fully saturated rings. The van der Waals surface area contributed by atoms with Gasteiger partial charge in [-0.05, 0) is 32.3 Å². The Kier molecular flexibility index (Phi) is 5.21. The normalized spacial score (nSPS) is 13.9. The highest BCUT2D eigenvalue weighted by molar-refractivity contribution is 9.11. The molecule has 0 saturated heterocycles. The maximum Gasteiger partial charge on any atom is 0.246 e. The lowest BCUT2D eigenvalue weighted by Crippen LogP contribution is -2.31. The number of carbonyl (C=O) groups excluding carboxylic acids is 2. The Balaban J connectivity index is 1.89. The summed E-state index contributed by atoms with van der Waals surface area (Å²) in [5.41, 5.74) is 0.949. The van der Waals surface area contributed by atoms with Gasteiger partial charge in [0.2, 0.25) is 23.2 Å². The van der Waals surface area contributed by atoms with Crippen LogP contribution in [0.2, 0.25) is 0 Å². The van der Waals surface area contributed by atoms with E-state index in [9.17, 15) is 9.59 Å². The Morgan fingerprint density at radius 2 is 1.84 bits per heavy atom. The molecule has 25 heavy (non-hydrogen) atoms. The number of likely N-dealkylation sites (N-methyl/N-ethyl adjacent to an activating group) is 1. The van der Waals surface area contributed by atoms with E-state index in [2.05, 4.69) is 42.2 Å². The number of benzene rings is 1. The number of aromatic nitrogens is 1. The lowest BCUT2D eigenvalue weighted by molar-refractivity contribution is 0.0956. The molecule has 0 spiro atoms. The number of allylic oxidation sites excluding steroid dienone is 2. The van der Waals surface area contributed by atoms with Crippen molar-refractivity contribution < 1.29 is 14.0 Å². The molecule has 0 atom stereocenters. The first-order valence-electron chi connectivity index (χ1n) is 7.52. The van der Waals surface area contributed by atoms with Crippen LogP contribution >= 0.6 is 31.9 Å². The van der Waals surface area contributed by atoms with Gasteiger partial charge >= 0.3 is 0 Å². The van der Waals surface area contributed by atoms with E-state index in [-0.39, 0.29) is 34.6 Å². The van der Waals surface area contributed by atoms with Gasteiger partial charge in [0.15, 0.2) is 5.69 Å². The van der Waals surface area contributed by atoms with Crippen molar-refractivity contribution in [3.05, 3.63) is 50.4 Å². The van der Waals surface area contributed by atoms with Crippen molar-refractivity contribution in [3.63, 3.8) is 0 Å². The quantitative estimate of drug-likeness (QED) is 0.725. The second-order valence-corrected chi connectivity index (χ2v) is 7.67. The maximum absolute atomic E-state index is 12.6. The number of nitrogens with zero attached hydrogens (tertiary/aromatic N) is 2. The van der Waals surface area contributed by atoms with Crippen molar-refractivity contribution in [1.82, 2.24) is 15.2 Å². The summed E-state index contributed by atoms with van der Waals surface area (Å²) >= 11 is 6.80. The second kappa shape index (κ2) is 7.23. The number of fused-ring (bicyclic) bond motifs is 1. The van der Waals surface area contributed by atoms with Crippen molar-refractivity contribution in [2.45, 2.75) is 0 Å². The molecule has 0 amide bonds. The van der Waals surface area contributed by atoms with E-state index in [1.165, 1.54) is 6.08 Å². The number of hydrogen-bond acceptors (Lipinski definition) is 6. The average Bonchev–Trinajstić information content (AvgIpc) is 2.97. The van der Waals surface area contributed by atoms with Crippen LogP contribution in [0.3, 0.4) is 0 Å². The molecule has 2 aromatic rings. The van der Waals surface area contributed by atoms with Crippen LogP contribution in [0, 0.1) is 0 Å². The van der Waals surface area contributed by atoms with Gasteiger partial charge in [-0.15, -0.1) is 0 Å². The monoisotopic (exact) mass is 467 g/mol.